The highest BCUT2D eigenvalue weighted by Crippen LogP contribution is 2.33. The zero-order valence-electron chi connectivity index (χ0n) is 16.0. The first-order valence-electron chi connectivity index (χ1n) is 8.81. The number of amides is 2. The number of rotatable bonds is 2. The van der Waals surface area contributed by atoms with Crippen LogP contribution in [0.25, 0.3) is 0 Å². The van der Waals surface area contributed by atoms with Crippen LogP contribution in [0, 0.1) is 6.92 Å². The molecule has 0 atom stereocenters. The average molecular weight is 368 g/mol. The van der Waals surface area contributed by atoms with Crippen molar-refractivity contribution < 1.29 is 14.3 Å². The first-order valence-corrected chi connectivity index (χ1v) is 8.81. The summed E-state index contributed by atoms with van der Waals surface area (Å²) < 4.78 is 5.44. The molecule has 3 rings (SSSR count). The molecule has 0 spiro atoms. The number of carbonyl (C=O) groups excluding carboxylic acids is 2. The van der Waals surface area contributed by atoms with Crippen molar-refractivity contribution in [3.05, 3.63) is 47.2 Å². The summed E-state index contributed by atoms with van der Waals surface area (Å²) >= 11 is 0. The number of aryl methyl sites for hydroxylation is 1. The lowest BCUT2D eigenvalue weighted by molar-refractivity contribution is 0.0584. The van der Waals surface area contributed by atoms with E-state index < -0.39 is 11.7 Å². The lowest BCUT2D eigenvalue weighted by Gasteiger charge is -2.25. The molecule has 0 fully saturated rings. The van der Waals surface area contributed by atoms with E-state index >= 15 is 0 Å². The molecule has 0 unspecified atom stereocenters. The van der Waals surface area contributed by atoms with Crippen molar-refractivity contribution in [2.45, 2.75) is 39.7 Å². The van der Waals surface area contributed by atoms with Crippen molar-refractivity contribution in [1.29, 1.82) is 0 Å². The summed E-state index contributed by atoms with van der Waals surface area (Å²) in [6, 6.07) is 7.00. The minimum Gasteiger partial charge on any atom is -0.443 e. The molecule has 1 aromatic heterocycles. The Morgan fingerprint density at radius 3 is 2.63 bits per heavy atom. The van der Waals surface area contributed by atoms with Crippen LogP contribution in [-0.2, 0) is 11.2 Å². The number of hydrogen-bond donors (Lipinski definition) is 2. The van der Waals surface area contributed by atoms with Gasteiger partial charge in [0.15, 0.2) is 0 Å². The number of carbonyl (C=O) groups is 2. The number of nitrogens with one attached hydrogen (secondary N) is 1. The molecule has 27 heavy (non-hydrogen) atoms. The lowest BCUT2D eigenvalue weighted by Crippen LogP contribution is -2.35. The number of nitrogens with two attached hydrogens (primary N) is 1. The molecule has 0 saturated heterocycles. The van der Waals surface area contributed by atoms with Gasteiger partial charge in [-0.2, -0.15) is 0 Å². The molecule has 1 aromatic carbocycles. The van der Waals surface area contributed by atoms with Crippen molar-refractivity contribution in [2.24, 2.45) is 0 Å². The number of pyridine rings is 1. The molecule has 0 aliphatic carbocycles. The maximum Gasteiger partial charge on any atom is 0.414 e. The normalized spacial score (nSPS) is 13.3. The summed E-state index contributed by atoms with van der Waals surface area (Å²) in [7, 11) is 0. The number of benzene rings is 1. The van der Waals surface area contributed by atoms with Crippen molar-refractivity contribution >= 4 is 29.2 Å². The van der Waals surface area contributed by atoms with Gasteiger partial charge in [0.25, 0.3) is 5.91 Å². The molecule has 1 aliphatic heterocycles. The van der Waals surface area contributed by atoms with Crippen LogP contribution in [0.3, 0.4) is 0 Å². The van der Waals surface area contributed by atoms with E-state index in [1.54, 1.807) is 29.3 Å². The van der Waals surface area contributed by atoms with E-state index in [0.717, 1.165) is 11.1 Å². The van der Waals surface area contributed by atoms with E-state index in [4.69, 9.17) is 10.5 Å². The van der Waals surface area contributed by atoms with Crippen LogP contribution in [-0.4, -0.2) is 29.1 Å². The molecule has 0 bridgehead atoms. The predicted octanol–water partition coefficient (Wildman–Crippen LogP) is 3.52. The molecule has 142 valence electrons. The van der Waals surface area contributed by atoms with E-state index in [0.29, 0.717) is 35.7 Å². The quantitative estimate of drug-likeness (QED) is 0.791. The Kier molecular flexibility index (Phi) is 4.78. The summed E-state index contributed by atoms with van der Waals surface area (Å²) in [6.07, 6.45) is 1.90. The first kappa shape index (κ1) is 18.7. The highest BCUT2D eigenvalue weighted by Gasteiger charge is 2.30. The molecule has 1 aliphatic rings. The number of aromatic nitrogens is 1. The number of nitrogen functional groups attached to an aromatic ring is 1. The number of ether oxygens (including phenoxy) is 1. The van der Waals surface area contributed by atoms with E-state index in [1.807, 2.05) is 33.8 Å². The lowest BCUT2D eigenvalue weighted by atomic mass is 10.1. The standard InChI is InChI=1S/C20H24N4O3/c1-12-5-6-17(22-11-12)23-18(25)14-9-13-7-8-24(16(13)10-15(14)21)19(26)27-20(2,3)4/h5-6,9-11H,7-8,21H2,1-4H3,(H,22,23,25). The predicted molar refractivity (Wildman–Crippen MR) is 105 cm³/mol. The second kappa shape index (κ2) is 6.90. The first-order chi connectivity index (χ1) is 12.6. The van der Waals surface area contributed by atoms with Crippen LogP contribution >= 0.6 is 0 Å². The molecule has 0 saturated carbocycles. The molecule has 3 N–H and O–H groups in total. The van der Waals surface area contributed by atoms with E-state index in [-0.39, 0.29) is 5.91 Å². The van der Waals surface area contributed by atoms with Crippen LogP contribution in [0.15, 0.2) is 30.5 Å². The molecule has 2 amide bonds. The number of fused-ring (bicyclic) bond motifs is 1. The minimum atomic E-state index is -0.577. The Morgan fingerprint density at radius 1 is 1.26 bits per heavy atom. The van der Waals surface area contributed by atoms with Crippen molar-refractivity contribution in [3.63, 3.8) is 0 Å². The van der Waals surface area contributed by atoms with Crippen molar-refractivity contribution in [2.75, 3.05) is 22.5 Å². The van der Waals surface area contributed by atoms with Gasteiger partial charge in [-0.15, -0.1) is 0 Å². The third kappa shape index (κ3) is 4.19. The van der Waals surface area contributed by atoms with Gasteiger partial charge in [-0.1, -0.05) is 6.07 Å². The topological polar surface area (TPSA) is 97.6 Å². The van der Waals surface area contributed by atoms with Gasteiger partial charge in [-0.25, -0.2) is 9.78 Å². The number of hydrogen-bond acceptors (Lipinski definition) is 5. The van der Waals surface area contributed by atoms with Crippen LogP contribution in [0.5, 0.6) is 0 Å². The Hall–Kier alpha value is -3.09. The number of nitrogens with zero attached hydrogens (tertiary/aromatic N) is 2. The van der Waals surface area contributed by atoms with Crippen LogP contribution in [0.1, 0.15) is 42.3 Å². The zero-order chi connectivity index (χ0) is 19.8. The molecule has 7 nitrogen and oxygen atoms in total. The average Bonchev–Trinajstić information content (AvgIpc) is 2.97. The van der Waals surface area contributed by atoms with Crippen LogP contribution in [0.4, 0.5) is 22.0 Å². The SMILES string of the molecule is Cc1ccc(NC(=O)c2cc3c(cc2N)N(C(=O)OC(C)(C)C)CC3)nc1. The maximum atomic E-state index is 12.6. The number of anilines is 3. The van der Waals surface area contributed by atoms with Gasteiger partial charge in [0.1, 0.15) is 11.4 Å². The summed E-state index contributed by atoms with van der Waals surface area (Å²) in [6.45, 7) is 7.89. The fraction of sp³-hybridized carbons (Fsp3) is 0.350. The van der Waals surface area contributed by atoms with Gasteiger partial charge in [0.05, 0.1) is 11.3 Å². The third-order valence-electron chi connectivity index (χ3n) is 4.16. The second-order valence-corrected chi connectivity index (χ2v) is 7.63. The molecule has 2 heterocycles. The van der Waals surface area contributed by atoms with Crippen molar-refractivity contribution in [1.82, 2.24) is 4.98 Å². The molecule has 7 heteroatoms. The molecular formula is C20H24N4O3. The van der Waals surface area contributed by atoms with Gasteiger partial charge >= 0.3 is 6.09 Å². The van der Waals surface area contributed by atoms with Gasteiger partial charge in [-0.05, 0) is 63.4 Å². The van der Waals surface area contributed by atoms with Crippen molar-refractivity contribution in [3.8, 4) is 0 Å². The monoisotopic (exact) mass is 368 g/mol. The second-order valence-electron chi connectivity index (χ2n) is 7.63. The Morgan fingerprint density at radius 2 is 2.00 bits per heavy atom. The highest BCUT2D eigenvalue weighted by atomic mass is 16.6. The van der Waals surface area contributed by atoms with Crippen LogP contribution < -0.4 is 16.0 Å². The fourth-order valence-corrected chi connectivity index (χ4v) is 2.88. The fourth-order valence-electron chi connectivity index (χ4n) is 2.88. The molecule has 0 radical (unpaired) electrons. The Bertz CT molecular complexity index is 885. The largest absolute Gasteiger partial charge is 0.443 e. The Labute approximate surface area is 158 Å². The van der Waals surface area contributed by atoms with Gasteiger partial charge in [0, 0.05) is 18.4 Å². The summed E-state index contributed by atoms with van der Waals surface area (Å²) in [4.78, 5) is 30.7. The highest BCUT2D eigenvalue weighted by molar-refractivity contribution is 6.08. The van der Waals surface area contributed by atoms with E-state index in [2.05, 4.69) is 10.3 Å². The third-order valence-corrected chi connectivity index (χ3v) is 4.16. The maximum absolute atomic E-state index is 12.6. The zero-order valence-corrected chi connectivity index (χ0v) is 16.0. The van der Waals surface area contributed by atoms with Gasteiger partial charge < -0.3 is 15.8 Å². The minimum absolute atomic E-state index is 0.300. The smallest absolute Gasteiger partial charge is 0.414 e. The van der Waals surface area contributed by atoms with Gasteiger partial charge in [0.2, 0.25) is 0 Å². The van der Waals surface area contributed by atoms with E-state index in [9.17, 15) is 9.59 Å². The molecular weight excluding hydrogens is 344 g/mol. The summed E-state index contributed by atoms with van der Waals surface area (Å²) in [5, 5.41) is 2.75. The summed E-state index contributed by atoms with van der Waals surface area (Å²) in [5.74, 6) is 0.128. The molecule has 2 aromatic rings. The van der Waals surface area contributed by atoms with E-state index in [1.165, 1.54) is 0 Å². The van der Waals surface area contributed by atoms with Crippen LogP contribution in [0.2, 0.25) is 0 Å². The summed E-state index contributed by atoms with van der Waals surface area (Å²) in [5.41, 5.74) is 8.77. The Balaban J connectivity index is 1.81. The van der Waals surface area contributed by atoms with Gasteiger partial charge in [-0.3, -0.25) is 9.69 Å².